The fraction of sp³-hybridized carbons (Fsp3) is 0.333. The number of nitrogens with two attached hydrogens (primary N) is 3. The average molecular weight is 200 g/mol. The Kier molecular flexibility index (Phi) is 7.74. The molecule has 0 aliphatic heterocycles. The normalized spacial score (nSPS) is 10.5. The summed E-state index contributed by atoms with van der Waals surface area (Å²) in [5.74, 6) is -0.391. The highest BCUT2D eigenvalue weighted by Crippen LogP contribution is 1.74. The predicted octanol–water partition coefficient (Wildman–Crippen LogP) is -1.26. The topological polar surface area (TPSA) is 151 Å². The second kappa shape index (κ2) is 7.53. The third kappa shape index (κ3) is 9.88. The second-order valence-electron chi connectivity index (χ2n) is 2.05. The lowest BCUT2D eigenvalue weighted by atomic mass is 10.5. The maximum Gasteiger partial charge on any atom is 0.211 e. The maximum atomic E-state index is 6.75. The summed E-state index contributed by atoms with van der Waals surface area (Å²) in [6.45, 7) is 1.64. The maximum absolute atomic E-state index is 6.75. The number of guanidine groups is 2. The summed E-state index contributed by atoms with van der Waals surface area (Å²) in [7, 11) is 0. The van der Waals surface area contributed by atoms with Crippen molar-refractivity contribution in [3.05, 3.63) is 0 Å². The minimum Gasteiger partial charge on any atom is -0.369 e. The third-order valence-electron chi connectivity index (χ3n) is 0.760. The fourth-order valence-electron chi connectivity index (χ4n) is 0.358. The van der Waals surface area contributed by atoms with Gasteiger partial charge in [-0.05, 0) is 6.92 Å². The molecule has 0 saturated carbocycles. The van der Waals surface area contributed by atoms with E-state index in [9.17, 15) is 0 Å². The van der Waals surface area contributed by atoms with Crippen LogP contribution in [-0.2, 0) is 0 Å². The van der Waals surface area contributed by atoms with Crippen LogP contribution in [0, 0.1) is 5.41 Å². The fourth-order valence-corrected chi connectivity index (χ4v) is 0.358. The van der Waals surface area contributed by atoms with Gasteiger partial charge >= 0.3 is 0 Å². The number of hydrogen-bond donors (Lipinski definition) is 5. The lowest BCUT2D eigenvalue weighted by molar-refractivity contribution is 1.00. The van der Waals surface area contributed by atoms with E-state index < -0.39 is 0 Å². The number of rotatable bonds is 3. The molecule has 0 aromatic carbocycles. The number of nitrogens with one attached hydrogen (secondary N) is 2. The standard InChI is InChI=1S/C5H12N8.CH4/c1-3(11-13-5(8)9)2-10-12-4(6)7;/h2H,1H3,(H4,6,7,12)(H4,8,9,13);1H4/b10-2+,11-3+;. The molecule has 0 aliphatic rings. The van der Waals surface area contributed by atoms with E-state index in [0.29, 0.717) is 5.71 Å². The van der Waals surface area contributed by atoms with Crippen LogP contribution in [0.5, 0.6) is 0 Å². The second-order valence-corrected chi connectivity index (χ2v) is 2.05. The van der Waals surface area contributed by atoms with E-state index in [1.54, 1.807) is 6.92 Å². The molecule has 0 rings (SSSR count). The predicted molar refractivity (Wildman–Crippen MR) is 59.2 cm³/mol. The molecule has 0 atom stereocenters. The van der Waals surface area contributed by atoms with Crippen molar-refractivity contribution in [2.24, 2.45) is 32.5 Å². The van der Waals surface area contributed by atoms with Gasteiger partial charge in [0.05, 0.1) is 11.9 Å². The number of hydrazone groups is 1. The van der Waals surface area contributed by atoms with Gasteiger partial charge in [0.25, 0.3) is 0 Å². The van der Waals surface area contributed by atoms with E-state index in [4.69, 9.17) is 22.6 Å². The van der Waals surface area contributed by atoms with Crippen molar-refractivity contribution in [1.29, 1.82) is 5.41 Å². The highest BCUT2D eigenvalue weighted by atomic mass is 15.3. The molecular formula is C6H16N8. The molecule has 0 bridgehead atoms. The molecule has 80 valence electrons. The summed E-state index contributed by atoms with van der Waals surface area (Å²) in [4.78, 5) is 0. The van der Waals surface area contributed by atoms with Gasteiger partial charge in [-0.3, -0.25) is 5.41 Å². The molecule has 8 nitrogen and oxygen atoms in total. The first kappa shape index (κ1) is 14.4. The molecule has 0 aliphatic carbocycles. The Hall–Kier alpha value is -2.12. The smallest absolute Gasteiger partial charge is 0.211 e. The van der Waals surface area contributed by atoms with Gasteiger partial charge < -0.3 is 17.2 Å². The van der Waals surface area contributed by atoms with Gasteiger partial charge in [-0.2, -0.15) is 10.2 Å². The van der Waals surface area contributed by atoms with Crippen LogP contribution in [0.2, 0.25) is 0 Å². The molecule has 0 amide bonds. The SMILES string of the molecule is C.CC(/C=N/NC(=N)N)=N\N=C(N)N. The van der Waals surface area contributed by atoms with E-state index >= 15 is 0 Å². The molecule has 0 unspecified atom stereocenters. The number of nitrogens with zero attached hydrogens (tertiary/aromatic N) is 3. The molecule has 8 heteroatoms. The molecule has 0 heterocycles. The summed E-state index contributed by atoms with van der Waals surface area (Å²) >= 11 is 0. The van der Waals surface area contributed by atoms with Crippen molar-refractivity contribution in [3.8, 4) is 0 Å². The molecule has 8 N–H and O–H groups in total. The Bertz CT molecular complexity index is 259. The van der Waals surface area contributed by atoms with E-state index in [1.165, 1.54) is 6.21 Å². The Morgan fingerprint density at radius 3 is 2.29 bits per heavy atom. The van der Waals surface area contributed by atoms with Gasteiger partial charge in [0.2, 0.25) is 11.9 Å². The third-order valence-corrected chi connectivity index (χ3v) is 0.760. The molecular weight excluding hydrogens is 184 g/mol. The molecule has 0 fully saturated rings. The lowest BCUT2D eigenvalue weighted by Gasteiger charge is -1.92. The van der Waals surface area contributed by atoms with Crippen LogP contribution < -0.4 is 22.6 Å². The summed E-state index contributed by atoms with van der Waals surface area (Å²) in [6.07, 6.45) is 1.33. The van der Waals surface area contributed by atoms with Gasteiger partial charge in [0, 0.05) is 0 Å². The van der Waals surface area contributed by atoms with Gasteiger partial charge in [-0.15, -0.1) is 5.10 Å². The summed E-state index contributed by atoms with van der Waals surface area (Å²) in [6, 6.07) is 0. The highest BCUT2D eigenvalue weighted by molar-refractivity contribution is 6.29. The molecule has 0 aromatic rings. The molecule has 0 radical (unpaired) electrons. The van der Waals surface area contributed by atoms with Crippen LogP contribution in [0.25, 0.3) is 0 Å². The quantitative estimate of drug-likeness (QED) is 0.219. The Balaban J connectivity index is 0. The zero-order valence-electron chi connectivity index (χ0n) is 7.15. The highest BCUT2D eigenvalue weighted by Gasteiger charge is 1.84. The molecule has 0 saturated heterocycles. The van der Waals surface area contributed by atoms with Crippen molar-refractivity contribution >= 4 is 23.8 Å². The Labute approximate surface area is 82.5 Å². The van der Waals surface area contributed by atoms with Crippen molar-refractivity contribution < 1.29 is 0 Å². The summed E-state index contributed by atoms with van der Waals surface area (Å²) < 4.78 is 0. The van der Waals surface area contributed by atoms with E-state index in [2.05, 4.69) is 20.7 Å². The Morgan fingerprint density at radius 1 is 1.29 bits per heavy atom. The molecule has 0 aromatic heterocycles. The zero-order valence-corrected chi connectivity index (χ0v) is 7.15. The monoisotopic (exact) mass is 200 g/mol. The van der Waals surface area contributed by atoms with E-state index in [-0.39, 0.29) is 19.3 Å². The lowest BCUT2D eigenvalue weighted by Crippen LogP contribution is -2.25. The van der Waals surface area contributed by atoms with Crippen molar-refractivity contribution in [3.63, 3.8) is 0 Å². The largest absolute Gasteiger partial charge is 0.369 e. The van der Waals surface area contributed by atoms with E-state index in [1.807, 2.05) is 0 Å². The van der Waals surface area contributed by atoms with Crippen LogP contribution in [0.1, 0.15) is 14.4 Å². The first-order chi connectivity index (χ1) is 6.02. The zero-order chi connectivity index (χ0) is 10.3. The van der Waals surface area contributed by atoms with Gasteiger partial charge in [-0.25, -0.2) is 5.43 Å². The molecule has 14 heavy (non-hydrogen) atoms. The van der Waals surface area contributed by atoms with Crippen molar-refractivity contribution in [1.82, 2.24) is 5.43 Å². The Morgan fingerprint density at radius 2 is 1.86 bits per heavy atom. The van der Waals surface area contributed by atoms with Crippen LogP contribution in [0.15, 0.2) is 15.3 Å². The van der Waals surface area contributed by atoms with Crippen LogP contribution in [-0.4, -0.2) is 23.8 Å². The van der Waals surface area contributed by atoms with Crippen molar-refractivity contribution in [2.45, 2.75) is 14.4 Å². The van der Waals surface area contributed by atoms with Crippen LogP contribution in [0.3, 0.4) is 0 Å². The van der Waals surface area contributed by atoms with Crippen LogP contribution in [0.4, 0.5) is 0 Å². The van der Waals surface area contributed by atoms with Gasteiger partial charge in [0.15, 0.2) is 0 Å². The number of hydrogen-bond acceptors (Lipinski definition) is 4. The minimum absolute atomic E-state index is 0. The first-order valence-corrected chi connectivity index (χ1v) is 3.28. The van der Waals surface area contributed by atoms with Crippen LogP contribution >= 0.6 is 0 Å². The van der Waals surface area contributed by atoms with E-state index in [0.717, 1.165) is 0 Å². The van der Waals surface area contributed by atoms with Gasteiger partial charge in [-0.1, -0.05) is 7.43 Å². The minimum atomic E-state index is -0.258. The summed E-state index contributed by atoms with van der Waals surface area (Å²) in [5, 5.41) is 17.2. The molecule has 0 spiro atoms. The van der Waals surface area contributed by atoms with Gasteiger partial charge in [0.1, 0.15) is 0 Å². The van der Waals surface area contributed by atoms with Crippen molar-refractivity contribution in [2.75, 3.05) is 0 Å². The summed E-state index contributed by atoms with van der Waals surface area (Å²) in [5.41, 5.74) is 17.7. The average Bonchev–Trinajstić information content (AvgIpc) is 2.00. The first-order valence-electron chi connectivity index (χ1n) is 3.28.